The molecule has 2 heterocycles. The predicted octanol–water partition coefficient (Wildman–Crippen LogP) is 3.10. The molecule has 0 aliphatic carbocycles. The fourth-order valence-corrected chi connectivity index (χ4v) is 3.73. The minimum Gasteiger partial charge on any atom is -0.379 e. The molecule has 5 nitrogen and oxygen atoms in total. The first-order chi connectivity index (χ1) is 12.8. The average Bonchev–Trinajstić information content (AvgIpc) is 2.65. The summed E-state index contributed by atoms with van der Waals surface area (Å²) in [6, 6.07) is 8.91. The molecule has 27 heavy (non-hydrogen) atoms. The molecule has 1 aromatic carbocycles. The Kier molecular flexibility index (Phi) is 6.11. The fourth-order valence-electron chi connectivity index (χ4n) is 3.73. The second-order valence-electron chi connectivity index (χ2n) is 8.90. The first-order valence-corrected chi connectivity index (χ1v) is 10.3. The van der Waals surface area contributed by atoms with Crippen LogP contribution in [0.3, 0.4) is 0 Å². The molecule has 0 aromatic heterocycles. The summed E-state index contributed by atoms with van der Waals surface area (Å²) in [6.07, 6.45) is 0. The van der Waals surface area contributed by atoms with E-state index in [2.05, 4.69) is 74.0 Å². The Morgan fingerprint density at radius 2 is 1.70 bits per heavy atom. The van der Waals surface area contributed by atoms with E-state index in [4.69, 9.17) is 9.73 Å². The van der Waals surface area contributed by atoms with Crippen molar-refractivity contribution in [1.29, 1.82) is 0 Å². The monoisotopic (exact) mass is 372 g/mol. The highest BCUT2D eigenvalue weighted by atomic mass is 16.5. The molecule has 0 bridgehead atoms. The van der Waals surface area contributed by atoms with Crippen LogP contribution >= 0.6 is 0 Å². The van der Waals surface area contributed by atoms with Crippen LogP contribution in [0.1, 0.15) is 45.7 Å². The van der Waals surface area contributed by atoms with E-state index in [-0.39, 0.29) is 5.54 Å². The summed E-state index contributed by atoms with van der Waals surface area (Å²) in [5.74, 6) is 1.03. The highest BCUT2D eigenvalue weighted by Crippen LogP contribution is 2.46. The Bertz CT molecular complexity index is 645. The second-order valence-corrected chi connectivity index (χ2v) is 8.90. The molecule has 150 valence electrons. The number of ether oxygens (including phenoxy) is 1. The van der Waals surface area contributed by atoms with Crippen molar-refractivity contribution in [2.45, 2.75) is 53.2 Å². The molecule has 0 atom stereocenters. The number of hydrogen-bond acceptors (Lipinski definition) is 3. The van der Waals surface area contributed by atoms with Crippen LogP contribution in [-0.2, 0) is 17.8 Å². The third kappa shape index (κ3) is 4.46. The molecular weight excluding hydrogens is 336 g/mol. The molecule has 2 aliphatic heterocycles. The Hall–Kier alpha value is -1.59. The van der Waals surface area contributed by atoms with Gasteiger partial charge in [-0.3, -0.25) is 4.90 Å². The van der Waals surface area contributed by atoms with E-state index in [9.17, 15) is 0 Å². The van der Waals surface area contributed by atoms with Gasteiger partial charge in [0.2, 0.25) is 0 Å². The topological polar surface area (TPSA) is 40.1 Å². The normalized spacial score (nSPS) is 22.4. The van der Waals surface area contributed by atoms with Gasteiger partial charge in [0.25, 0.3) is 0 Å². The zero-order valence-electron chi connectivity index (χ0n) is 17.7. The maximum atomic E-state index is 5.43. The molecular formula is C22H36N4O. The van der Waals surface area contributed by atoms with Crippen LogP contribution < -0.4 is 5.32 Å². The fraction of sp³-hybridized carbons (Fsp3) is 0.682. The third-order valence-corrected chi connectivity index (χ3v) is 6.42. The van der Waals surface area contributed by atoms with Crippen LogP contribution in [0.2, 0.25) is 0 Å². The van der Waals surface area contributed by atoms with E-state index in [0.717, 1.165) is 51.9 Å². The lowest BCUT2D eigenvalue weighted by Crippen LogP contribution is -2.72. The molecule has 0 unspecified atom stereocenters. The average molecular weight is 373 g/mol. The molecule has 2 fully saturated rings. The number of rotatable bonds is 5. The number of guanidine groups is 1. The Morgan fingerprint density at radius 1 is 1.07 bits per heavy atom. The zero-order valence-corrected chi connectivity index (χ0v) is 17.7. The lowest BCUT2D eigenvalue weighted by atomic mass is 9.65. The first kappa shape index (κ1) is 20.2. The summed E-state index contributed by atoms with van der Waals surface area (Å²) in [5, 5.41) is 3.47. The van der Waals surface area contributed by atoms with Gasteiger partial charge in [0, 0.05) is 43.7 Å². The minimum atomic E-state index is 0.121. The largest absolute Gasteiger partial charge is 0.379 e. The minimum absolute atomic E-state index is 0.121. The van der Waals surface area contributed by atoms with Gasteiger partial charge in [0.15, 0.2) is 5.96 Å². The highest BCUT2D eigenvalue weighted by molar-refractivity contribution is 5.82. The van der Waals surface area contributed by atoms with Gasteiger partial charge in [-0.2, -0.15) is 0 Å². The molecule has 0 saturated carbocycles. The van der Waals surface area contributed by atoms with Crippen LogP contribution in [0.15, 0.2) is 29.3 Å². The van der Waals surface area contributed by atoms with Crippen LogP contribution in [-0.4, -0.2) is 60.7 Å². The summed E-state index contributed by atoms with van der Waals surface area (Å²) in [4.78, 5) is 9.77. The van der Waals surface area contributed by atoms with Crippen molar-refractivity contribution in [3.05, 3.63) is 35.4 Å². The maximum absolute atomic E-state index is 5.43. The maximum Gasteiger partial charge on any atom is 0.194 e. The number of nitrogens with zero attached hydrogens (tertiary/aromatic N) is 3. The highest BCUT2D eigenvalue weighted by Gasteiger charge is 2.53. The van der Waals surface area contributed by atoms with E-state index in [0.29, 0.717) is 12.0 Å². The van der Waals surface area contributed by atoms with Gasteiger partial charge in [-0.1, -0.05) is 38.1 Å². The van der Waals surface area contributed by atoms with E-state index in [1.165, 1.54) is 11.1 Å². The van der Waals surface area contributed by atoms with E-state index in [1.807, 2.05) is 0 Å². The zero-order chi connectivity index (χ0) is 19.5. The number of aliphatic imine (C=N–C) groups is 1. The Balaban J connectivity index is 1.61. The SMILES string of the molecule is CCNC(=NCc1ccc(CN2CCOCC2)cc1)N1CC(C)(C)C1(C)C. The number of hydrogen-bond donors (Lipinski definition) is 1. The lowest BCUT2D eigenvalue weighted by molar-refractivity contribution is -0.0667. The van der Waals surface area contributed by atoms with Crippen molar-refractivity contribution < 1.29 is 4.74 Å². The number of morpholine rings is 1. The van der Waals surface area contributed by atoms with Gasteiger partial charge in [0.05, 0.1) is 19.8 Å². The van der Waals surface area contributed by atoms with Gasteiger partial charge in [-0.15, -0.1) is 0 Å². The van der Waals surface area contributed by atoms with Crippen molar-refractivity contribution >= 4 is 5.96 Å². The third-order valence-electron chi connectivity index (χ3n) is 6.42. The molecule has 0 spiro atoms. The summed E-state index contributed by atoms with van der Waals surface area (Å²) in [7, 11) is 0. The molecule has 2 aliphatic rings. The summed E-state index contributed by atoms with van der Waals surface area (Å²) >= 11 is 0. The molecule has 1 aromatic rings. The van der Waals surface area contributed by atoms with Gasteiger partial charge < -0.3 is 15.0 Å². The molecule has 2 saturated heterocycles. The quantitative estimate of drug-likeness (QED) is 0.637. The Labute approximate surface area is 164 Å². The smallest absolute Gasteiger partial charge is 0.194 e. The van der Waals surface area contributed by atoms with Gasteiger partial charge >= 0.3 is 0 Å². The number of nitrogens with one attached hydrogen (secondary N) is 1. The van der Waals surface area contributed by atoms with Crippen molar-refractivity contribution in [2.75, 3.05) is 39.4 Å². The summed E-state index contributed by atoms with van der Waals surface area (Å²) in [5.41, 5.74) is 3.05. The summed E-state index contributed by atoms with van der Waals surface area (Å²) in [6.45, 7) is 18.8. The molecule has 5 heteroatoms. The molecule has 0 amide bonds. The Morgan fingerprint density at radius 3 is 2.26 bits per heavy atom. The van der Waals surface area contributed by atoms with Crippen molar-refractivity contribution in [2.24, 2.45) is 10.4 Å². The van der Waals surface area contributed by atoms with Gasteiger partial charge in [-0.05, 0) is 31.9 Å². The van der Waals surface area contributed by atoms with E-state index in [1.54, 1.807) is 0 Å². The molecule has 0 radical (unpaired) electrons. The number of benzene rings is 1. The van der Waals surface area contributed by atoms with Crippen molar-refractivity contribution in [3.8, 4) is 0 Å². The molecule has 1 N–H and O–H groups in total. The van der Waals surface area contributed by atoms with Crippen LogP contribution in [0.25, 0.3) is 0 Å². The lowest BCUT2D eigenvalue weighted by Gasteiger charge is -2.62. The standard InChI is InChI=1S/C22H36N4O/c1-6-23-20(26-17-21(2,3)22(26,4)5)24-15-18-7-9-19(10-8-18)16-25-11-13-27-14-12-25/h7-10H,6,11-17H2,1-5H3,(H,23,24). The van der Waals surface area contributed by atoms with Crippen molar-refractivity contribution in [3.63, 3.8) is 0 Å². The second kappa shape index (κ2) is 8.19. The van der Waals surface area contributed by atoms with E-state index >= 15 is 0 Å². The van der Waals surface area contributed by atoms with Gasteiger partial charge in [-0.25, -0.2) is 4.99 Å². The number of likely N-dealkylation sites (tertiary alicyclic amines) is 1. The van der Waals surface area contributed by atoms with Crippen LogP contribution in [0, 0.1) is 5.41 Å². The summed E-state index contributed by atoms with van der Waals surface area (Å²) < 4.78 is 5.43. The van der Waals surface area contributed by atoms with E-state index < -0.39 is 0 Å². The van der Waals surface area contributed by atoms with Crippen LogP contribution in [0.4, 0.5) is 0 Å². The predicted molar refractivity (Wildman–Crippen MR) is 112 cm³/mol. The van der Waals surface area contributed by atoms with Gasteiger partial charge in [0.1, 0.15) is 0 Å². The van der Waals surface area contributed by atoms with Crippen LogP contribution in [0.5, 0.6) is 0 Å². The van der Waals surface area contributed by atoms with Crippen molar-refractivity contribution in [1.82, 2.24) is 15.1 Å². The first-order valence-electron chi connectivity index (χ1n) is 10.3. The molecule has 3 rings (SSSR count).